The molecule has 1 aliphatic heterocycles. The number of aryl methyl sites for hydroxylation is 1. The summed E-state index contributed by atoms with van der Waals surface area (Å²) in [6, 6.07) is 3.68. The third kappa shape index (κ3) is 3.79. The average molecular weight is 343 g/mol. The topological polar surface area (TPSA) is 93.4 Å². The minimum absolute atomic E-state index is 0.253. The maximum atomic E-state index is 12.2. The van der Waals surface area contributed by atoms with E-state index in [9.17, 15) is 4.79 Å². The molecule has 2 aliphatic rings. The first kappa shape index (κ1) is 16.0. The number of aromatic nitrogens is 3. The van der Waals surface area contributed by atoms with E-state index in [-0.39, 0.29) is 12.5 Å². The Kier molecular flexibility index (Phi) is 4.35. The van der Waals surface area contributed by atoms with E-state index in [0.29, 0.717) is 30.7 Å². The van der Waals surface area contributed by atoms with Gasteiger partial charge in [-0.25, -0.2) is 9.97 Å². The van der Waals surface area contributed by atoms with Gasteiger partial charge in [0.25, 0.3) is 5.91 Å². The van der Waals surface area contributed by atoms with Gasteiger partial charge in [-0.1, -0.05) is 5.16 Å². The van der Waals surface area contributed by atoms with E-state index < -0.39 is 0 Å². The molecule has 132 valence electrons. The molecule has 1 aliphatic carbocycles. The number of rotatable bonds is 5. The highest BCUT2D eigenvalue weighted by atomic mass is 16.5. The lowest BCUT2D eigenvalue weighted by Crippen LogP contribution is -2.37. The zero-order valence-electron chi connectivity index (χ0n) is 14.2. The van der Waals surface area contributed by atoms with Gasteiger partial charge in [-0.3, -0.25) is 4.79 Å². The molecule has 0 aromatic carbocycles. The smallest absolute Gasteiger partial charge is 0.273 e. The van der Waals surface area contributed by atoms with Gasteiger partial charge in [0, 0.05) is 36.8 Å². The van der Waals surface area contributed by atoms with Crippen molar-refractivity contribution in [3.05, 3.63) is 35.1 Å². The number of morpholine rings is 1. The Labute approximate surface area is 145 Å². The monoisotopic (exact) mass is 343 g/mol. The molecule has 2 aromatic heterocycles. The van der Waals surface area contributed by atoms with E-state index in [1.54, 1.807) is 6.07 Å². The lowest BCUT2D eigenvalue weighted by atomic mass is 10.3. The highest BCUT2D eigenvalue weighted by Gasteiger charge is 2.28. The van der Waals surface area contributed by atoms with Gasteiger partial charge in [0.1, 0.15) is 17.4 Å². The zero-order valence-corrected chi connectivity index (χ0v) is 14.2. The number of ether oxygens (including phenoxy) is 1. The maximum Gasteiger partial charge on any atom is 0.273 e. The van der Waals surface area contributed by atoms with Crippen LogP contribution in [0.1, 0.15) is 46.5 Å². The molecule has 0 radical (unpaired) electrons. The second-order valence-corrected chi connectivity index (χ2v) is 6.45. The van der Waals surface area contributed by atoms with E-state index in [1.807, 2.05) is 13.0 Å². The molecule has 1 N–H and O–H groups in total. The molecule has 2 aromatic rings. The molecule has 2 fully saturated rings. The first-order valence-electron chi connectivity index (χ1n) is 8.61. The van der Waals surface area contributed by atoms with Crippen molar-refractivity contribution in [1.29, 1.82) is 0 Å². The molecule has 0 atom stereocenters. The molecule has 8 heteroatoms. The summed E-state index contributed by atoms with van der Waals surface area (Å²) in [6.45, 7) is 5.20. The Bertz CT molecular complexity index is 765. The fourth-order valence-corrected chi connectivity index (χ4v) is 2.85. The van der Waals surface area contributed by atoms with Gasteiger partial charge < -0.3 is 19.5 Å². The van der Waals surface area contributed by atoms with Crippen LogP contribution < -0.4 is 10.2 Å². The molecular weight excluding hydrogens is 322 g/mol. The zero-order chi connectivity index (χ0) is 17.2. The Morgan fingerprint density at radius 1 is 1.28 bits per heavy atom. The number of carbonyl (C=O) groups excluding carboxylic acids is 1. The third-order valence-electron chi connectivity index (χ3n) is 4.37. The average Bonchev–Trinajstić information content (AvgIpc) is 3.37. The van der Waals surface area contributed by atoms with E-state index in [0.717, 1.165) is 43.2 Å². The van der Waals surface area contributed by atoms with Crippen molar-refractivity contribution >= 4 is 11.7 Å². The van der Waals surface area contributed by atoms with Crippen LogP contribution in [0.2, 0.25) is 0 Å². The molecule has 0 spiro atoms. The Hall–Kier alpha value is -2.48. The van der Waals surface area contributed by atoms with Crippen molar-refractivity contribution in [1.82, 2.24) is 20.4 Å². The Balaban J connectivity index is 1.41. The van der Waals surface area contributed by atoms with Gasteiger partial charge in [0.15, 0.2) is 5.69 Å². The summed E-state index contributed by atoms with van der Waals surface area (Å²) in [5.74, 6) is 2.42. The highest BCUT2D eigenvalue weighted by molar-refractivity contribution is 5.92. The first-order chi connectivity index (χ1) is 12.2. The third-order valence-corrected chi connectivity index (χ3v) is 4.37. The normalized spacial score (nSPS) is 17.6. The lowest BCUT2D eigenvalue weighted by Gasteiger charge is -2.28. The number of nitrogens with zero attached hydrogens (tertiary/aromatic N) is 4. The number of hydrogen-bond donors (Lipinski definition) is 1. The van der Waals surface area contributed by atoms with Crippen LogP contribution in [0.25, 0.3) is 0 Å². The number of anilines is 1. The number of nitrogens with one attached hydrogen (secondary N) is 1. The molecule has 1 saturated heterocycles. The van der Waals surface area contributed by atoms with Crippen LogP contribution in [-0.2, 0) is 11.3 Å². The van der Waals surface area contributed by atoms with E-state index in [2.05, 4.69) is 25.3 Å². The summed E-state index contributed by atoms with van der Waals surface area (Å²) in [5.41, 5.74) is 1.18. The van der Waals surface area contributed by atoms with Crippen molar-refractivity contribution in [3.63, 3.8) is 0 Å². The fourth-order valence-electron chi connectivity index (χ4n) is 2.85. The second kappa shape index (κ2) is 6.79. The predicted molar refractivity (Wildman–Crippen MR) is 89.4 cm³/mol. The van der Waals surface area contributed by atoms with Crippen molar-refractivity contribution in [2.75, 3.05) is 31.2 Å². The quantitative estimate of drug-likeness (QED) is 0.877. The van der Waals surface area contributed by atoms with Gasteiger partial charge in [0.2, 0.25) is 0 Å². The number of amides is 1. The predicted octanol–water partition coefficient (Wildman–Crippen LogP) is 1.42. The summed E-state index contributed by atoms with van der Waals surface area (Å²) in [7, 11) is 0. The summed E-state index contributed by atoms with van der Waals surface area (Å²) in [4.78, 5) is 23.4. The molecule has 8 nitrogen and oxygen atoms in total. The van der Waals surface area contributed by atoms with Crippen LogP contribution in [0.15, 0.2) is 16.7 Å². The van der Waals surface area contributed by atoms with Gasteiger partial charge in [-0.2, -0.15) is 0 Å². The molecule has 1 saturated carbocycles. The van der Waals surface area contributed by atoms with Gasteiger partial charge in [-0.05, 0) is 19.8 Å². The van der Waals surface area contributed by atoms with Gasteiger partial charge in [-0.15, -0.1) is 0 Å². The van der Waals surface area contributed by atoms with Gasteiger partial charge in [0.05, 0.1) is 19.8 Å². The van der Waals surface area contributed by atoms with Crippen LogP contribution in [0, 0.1) is 6.92 Å². The minimum atomic E-state index is -0.270. The van der Waals surface area contributed by atoms with E-state index >= 15 is 0 Å². The van der Waals surface area contributed by atoms with Crippen LogP contribution >= 0.6 is 0 Å². The first-order valence-corrected chi connectivity index (χ1v) is 8.61. The van der Waals surface area contributed by atoms with Gasteiger partial charge >= 0.3 is 0 Å². The van der Waals surface area contributed by atoms with E-state index in [1.165, 1.54) is 0 Å². The summed E-state index contributed by atoms with van der Waals surface area (Å²) >= 11 is 0. The molecule has 0 bridgehead atoms. The second-order valence-electron chi connectivity index (χ2n) is 6.45. The van der Waals surface area contributed by atoms with E-state index in [4.69, 9.17) is 9.26 Å². The van der Waals surface area contributed by atoms with Crippen LogP contribution in [0.5, 0.6) is 0 Å². The summed E-state index contributed by atoms with van der Waals surface area (Å²) < 4.78 is 10.6. The molecular formula is C17H21N5O3. The highest BCUT2D eigenvalue weighted by Crippen LogP contribution is 2.40. The summed E-state index contributed by atoms with van der Waals surface area (Å²) in [5, 5.41) is 6.66. The lowest BCUT2D eigenvalue weighted by molar-refractivity contribution is 0.0940. The largest absolute Gasteiger partial charge is 0.378 e. The SMILES string of the molecule is Cc1cc(N2CCOCC2)nc(CNC(=O)c2cc(C3CC3)on2)n1. The van der Waals surface area contributed by atoms with Crippen molar-refractivity contribution in [2.45, 2.75) is 32.2 Å². The van der Waals surface area contributed by atoms with Crippen LogP contribution in [0.4, 0.5) is 5.82 Å². The molecule has 0 unspecified atom stereocenters. The van der Waals surface area contributed by atoms with Crippen LogP contribution in [-0.4, -0.2) is 47.3 Å². The van der Waals surface area contributed by atoms with Crippen molar-refractivity contribution in [3.8, 4) is 0 Å². The molecule has 1 amide bonds. The molecule has 4 rings (SSSR count). The molecule has 3 heterocycles. The van der Waals surface area contributed by atoms with Crippen molar-refractivity contribution in [2.24, 2.45) is 0 Å². The van der Waals surface area contributed by atoms with Crippen molar-refractivity contribution < 1.29 is 14.1 Å². The maximum absolute atomic E-state index is 12.2. The van der Waals surface area contributed by atoms with Crippen LogP contribution in [0.3, 0.4) is 0 Å². The molecule has 25 heavy (non-hydrogen) atoms. The Morgan fingerprint density at radius 3 is 2.84 bits per heavy atom. The Morgan fingerprint density at radius 2 is 2.08 bits per heavy atom. The fraction of sp³-hybridized carbons (Fsp3) is 0.529. The summed E-state index contributed by atoms with van der Waals surface area (Å²) in [6.07, 6.45) is 2.22. The number of hydrogen-bond acceptors (Lipinski definition) is 7. The number of carbonyl (C=O) groups is 1. The minimum Gasteiger partial charge on any atom is -0.378 e. The standard InChI is InChI=1S/C17H21N5O3/c1-11-8-16(22-4-6-24-7-5-22)20-15(19-11)10-18-17(23)13-9-14(25-21-13)12-2-3-12/h8-9,12H,2-7,10H2,1H3,(H,18,23).